The molecule has 0 fully saturated rings. The smallest absolute Gasteiger partial charge is 0.307 e. The van der Waals surface area contributed by atoms with Gasteiger partial charge in [0.15, 0.2) is 0 Å². The van der Waals surface area contributed by atoms with Crippen LogP contribution in [0.25, 0.3) is 21.9 Å². The standard InChI is InChI=1S/C26H21FN2O3/c27-22-13-16(17-5-3-6-20-18(17)10-11-29-26(20)28)12-21-19(22)8-9-24(21)32-23-7-2-1-4-15(23)14-25(30)31/h1-7,10-13,24H,8-9,14H2,(H2,28,29)(H,30,31). The Morgan fingerprint density at radius 2 is 1.97 bits per heavy atom. The van der Waals surface area contributed by atoms with Gasteiger partial charge in [0.05, 0.1) is 6.42 Å². The van der Waals surface area contributed by atoms with Crippen LogP contribution in [0.4, 0.5) is 10.2 Å². The Hall–Kier alpha value is -3.93. The second-order valence-electron chi connectivity index (χ2n) is 7.95. The van der Waals surface area contributed by atoms with Gasteiger partial charge in [0.2, 0.25) is 0 Å². The predicted molar refractivity (Wildman–Crippen MR) is 121 cm³/mol. The van der Waals surface area contributed by atoms with Crippen LogP contribution in [0.5, 0.6) is 5.75 Å². The predicted octanol–water partition coefficient (Wildman–Crippen LogP) is 5.32. The molecule has 4 aromatic rings. The quantitative estimate of drug-likeness (QED) is 0.450. The monoisotopic (exact) mass is 428 g/mol. The summed E-state index contributed by atoms with van der Waals surface area (Å²) in [5.41, 5.74) is 9.69. The highest BCUT2D eigenvalue weighted by Crippen LogP contribution is 2.41. The van der Waals surface area contributed by atoms with Crippen molar-refractivity contribution in [3.63, 3.8) is 0 Å². The zero-order valence-corrected chi connectivity index (χ0v) is 17.2. The molecule has 1 atom stereocenters. The number of nitrogens with zero attached hydrogens (tertiary/aromatic N) is 1. The van der Waals surface area contributed by atoms with E-state index in [4.69, 9.17) is 10.5 Å². The van der Waals surface area contributed by atoms with Gasteiger partial charge in [-0.05, 0) is 64.7 Å². The normalized spacial score (nSPS) is 15.0. The Morgan fingerprint density at radius 3 is 2.81 bits per heavy atom. The van der Waals surface area contributed by atoms with Crippen LogP contribution in [0.3, 0.4) is 0 Å². The number of halogens is 1. The van der Waals surface area contributed by atoms with Crippen LogP contribution in [0.2, 0.25) is 0 Å². The molecule has 5 nitrogen and oxygen atoms in total. The number of carboxylic acid groups (broad SMARTS) is 1. The summed E-state index contributed by atoms with van der Waals surface area (Å²) in [6, 6.07) is 18.2. The molecule has 1 unspecified atom stereocenters. The highest BCUT2D eigenvalue weighted by molar-refractivity contribution is 6.01. The molecule has 1 aromatic heterocycles. The van der Waals surface area contributed by atoms with E-state index < -0.39 is 5.97 Å². The van der Waals surface area contributed by atoms with Crippen LogP contribution in [0.1, 0.15) is 29.2 Å². The van der Waals surface area contributed by atoms with Crippen LogP contribution in [-0.4, -0.2) is 16.1 Å². The fourth-order valence-electron chi connectivity index (χ4n) is 4.48. The lowest BCUT2D eigenvalue weighted by atomic mass is 9.95. The molecule has 3 aromatic carbocycles. The van der Waals surface area contributed by atoms with Crippen LogP contribution in [0.15, 0.2) is 66.9 Å². The number of benzene rings is 3. The van der Waals surface area contributed by atoms with Gasteiger partial charge in [-0.15, -0.1) is 0 Å². The third-order valence-corrected chi connectivity index (χ3v) is 5.96. The van der Waals surface area contributed by atoms with Crippen molar-refractivity contribution in [2.75, 3.05) is 5.73 Å². The number of nitrogens with two attached hydrogens (primary N) is 1. The summed E-state index contributed by atoms with van der Waals surface area (Å²) in [5, 5.41) is 10.9. The third-order valence-electron chi connectivity index (χ3n) is 5.96. The van der Waals surface area contributed by atoms with Gasteiger partial charge in [-0.3, -0.25) is 4.79 Å². The molecule has 160 valence electrons. The van der Waals surface area contributed by atoms with Gasteiger partial charge in [0, 0.05) is 17.1 Å². The van der Waals surface area contributed by atoms with Gasteiger partial charge in [-0.2, -0.15) is 0 Å². The number of hydrogen-bond donors (Lipinski definition) is 2. The van der Waals surface area contributed by atoms with E-state index in [0.29, 0.717) is 35.5 Å². The highest BCUT2D eigenvalue weighted by atomic mass is 19.1. The maximum atomic E-state index is 15.1. The average Bonchev–Trinajstić information content (AvgIpc) is 3.18. The zero-order valence-electron chi connectivity index (χ0n) is 17.2. The summed E-state index contributed by atoms with van der Waals surface area (Å²) in [6.45, 7) is 0. The fourth-order valence-corrected chi connectivity index (χ4v) is 4.48. The third kappa shape index (κ3) is 3.54. The number of aromatic nitrogens is 1. The first kappa shape index (κ1) is 20.0. The minimum absolute atomic E-state index is 0.129. The van der Waals surface area contributed by atoms with E-state index in [0.717, 1.165) is 27.5 Å². The van der Waals surface area contributed by atoms with E-state index in [9.17, 15) is 9.90 Å². The van der Waals surface area contributed by atoms with Crippen molar-refractivity contribution in [1.29, 1.82) is 0 Å². The van der Waals surface area contributed by atoms with E-state index >= 15 is 4.39 Å². The van der Waals surface area contributed by atoms with Gasteiger partial charge in [0.1, 0.15) is 23.5 Å². The van der Waals surface area contributed by atoms with E-state index in [1.165, 1.54) is 0 Å². The first-order chi connectivity index (χ1) is 15.5. The lowest BCUT2D eigenvalue weighted by Gasteiger charge is -2.18. The Bertz CT molecular complexity index is 1350. The summed E-state index contributed by atoms with van der Waals surface area (Å²) in [6.07, 6.45) is 2.37. The van der Waals surface area contributed by atoms with Crippen molar-refractivity contribution in [3.8, 4) is 16.9 Å². The van der Waals surface area contributed by atoms with Crippen LogP contribution in [-0.2, 0) is 17.6 Å². The molecule has 32 heavy (non-hydrogen) atoms. The van der Waals surface area contributed by atoms with Gasteiger partial charge in [-0.1, -0.05) is 36.4 Å². The van der Waals surface area contributed by atoms with Crippen molar-refractivity contribution < 1.29 is 19.0 Å². The van der Waals surface area contributed by atoms with Crippen LogP contribution >= 0.6 is 0 Å². The maximum absolute atomic E-state index is 15.1. The largest absolute Gasteiger partial charge is 0.485 e. The minimum Gasteiger partial charge on any atom is -0.485 e. The molecule has 0 aliphatic heterocycles. The van der Waals surface area contributed by atoms with Gasteiger partial charge in [-0.25, -0.2) is 9.37 Å². The molecular formula is C26H21FN2O3. The molecule has 3 N–H and O–H groups in total. The van der Waals surface area contributed by atoms with E-state index in [-0.39, 0.29) is 18.3 Å². The molecule has 0 spiro atoms. The molecule has 5 rings (SSSR count). The van der Waals surface area contributed by atoms with Crippen molar-refractivity contribution in [2.24, 2.45) is 0 Å². The second kappa shape index (κ2) is 7.96. The Labute approximate surface area is 184 Å². The summed E-state index contributed by atoms with van der Waals surface area (Å²) in [7, 11) is 0. The minimum atomic E-state index is -0.925. The fraction of sp³-hybridized carbons (Fsp3) is 0.154. The number of carbonyl (C=O) groups is 1. The van der Waals surface area contributed by atoms with Crippen molar-refractivity contribution in [3.05, 3.63) is 89.4 Å². The molecular weight excluding hydrogens is 407 g/mol. The van der Waals surface area contributed by atoms with Crippen LogP contribution < -0.4 is 10.5 Å². The topological polar surface area (TPSA) is 85.4 Å². The van der Waals surface area contributed by atoms with E-state index in [1.54, 1.807) is 30.5 Å². The molecule has 0 bridgehead atoms. The van der Waals surface area contributed by atoms with Gasteiger partial charge < -0.3 is 15.6 Å². The second-order valence-corrected chi connectivity index (χ2v) is 7.95. The summed E-state index contributed by atoms with van der Waals surface area (Å²) in [5.74, 6) is -0.239. The number of ether oxygens (including phenoxy) is 1. The summed E-state index contributed by atoms with van der Waals surface area (Å²) in [4.78, 5) is 15.4. The lowest BCUT2D eigenvalue weighted by Crippen LogP contribution is -2.08. The summed E-state index contributed by atoms with van der Waals surface area (Å²) >= 11 is 0. The first-order valence-corrected chi connectivity index (χ1v) is 10.4. The Morgan fingerprint density at radius 1 is 1.12 bits per heavy atom. The van der Waals surface area contributed by atoms with Crippen molar-refractivity contribution >= 4 is 22.6 Å². The molecule has 0 saturated carbocycles. The average molecular weight is 428 g/mol. The highest BCUT2D eigenvalue weighted by Gasteiger charge is 2.28. The Balaban J connectivity index is 1.56. The lowest BCUT2D eigenvalue weighted by molar-refractivity contribution is -0.136. The van der Waals surface area contributed by atoms with E-state index in [1.807, 2.05) is 36.4 Å². The van der Waals surface area contributed by atoms with Crippen LogP contribution in [0, 0.1) is 5.82 Å². The number of pyridine rings is 1. The molecule has 1 heterocycles. The number of anilines is 1. The molecule has 0 saturated heterocycles. The number of para-hydroxylation sites is 1. The number of aliphatic carboxylic acids is 1. The SMILES string of the molecule is Nc1nccc2c(-c3cc(F)c4c(c3)C(Oc3ccccc3CC(=O)O)CC4)cccc12. The molecule has 1 aliphatic carbocycles. The Kier molecular flexibility index (Phi) is 4.98. The maximum Gasteiger partial charge on any atom is 0.307 e. The van der Waals surface area contributed by atoms with Gasteiger partial charge in [0.25, 0.3) is 0 Å². The molecule has 0 amide bonds. The number of hydrogen-bond acceptors (Lipinski definition) is 4. The number of carboxylic acids is 1. The van der Waals surface area contributed by atoms with E-state index in [2.05, 4.69) is 4.98 Å². The van der Waals surface area contributed by atoms with Crippen molar-refractivity contribution in [1.82, 2.24) is 4.98 Å². The molecule has 0 radical (unpaired) electrons. The number of nitrogen functional groups attached to an aromatic ring is 1. The molecule has 1 aliphatic rings. The van der Waals surface area contributed by atoms with Crippen molar-refractivity contribution in [2.45, 2.75) is 25.4 Å². The number of fused-ring (bicyclic) bond motifs is 2. The molecule has 6 heteroatoms. The first-order valence-electron chi connectivity index (χ1n) is 10.4. The zero-order chi connectivity index (χ0) is 22.2. The number of rotatable bonds is 5. The summed E-state index contributed by atoms with van der Waals surface area (Å²) < 4.78 is 21.3. The van der Waals surface area contributed by atoms with Gasteiger partial charge >= 0.3 is 5.97 Å².